The average Bonchev–Trinajstić information content (AvgIpc) is 2.63. The Kier molecular flexibility index (Phi) is 4.89. The predicted molar refractivity (Wildman–Crippen MR) is 100 cm³/mol. The molecule has 5 nitrogen and oxygen atoms in total. The fraction of sp³-hybridized carbons (Fsp3) is 0.368. The molecule has 0 fully saturated rings. The van der Waals surface area contributed by atoms with E-state index in [2.05, 4.69) is 0 Å². The van der Waals surface area contributed by atoms with E-state index < -0.39 is 30.7 Å². The molecule has 0 radical (unpaired) electrons. The monoisotopic (exact) mass is 394 g/mol. The molecule has 0 aromatic heterocycles. The molecule has 138 valence electrons. The first-order valence-electron chi connectivity index (χ1n) is 8.19. The summed E-state index contributed by atoms with van der Waals surface area (Å²) in [5, 5.41) is 1.17. The Bertz CT molecular complexity index is 914. The van der Waals surface area contributed by atoms with E-state index in [1.165, 1.54) is 14.2 Å². The maximum atomic E-state index is 14.2. The molecule has 0 spiro atoms. The number of rotatable bonds is 3. The molecule has 7 heteroatoms. The topological polar surface area (TPSA) is 69.7 Å². The quantitative estimate of drug-likeness (QED) is 0.582. The van der Waals surface area contributed by atoms with Crippen LogP contribution < -0.4 is 5.30 Å². The van der Waals surface area contributed by atoms with Gasteiger partial charge in [-0.15, -0.1) is 0 Å². The molecule has 1 aliphatic carbocycles. The number of halogens is 1. The van der Waals surface area contributed by atoms with Gasteiger partial charge in [0.2, 0.25) is 0 Å². The van der Waals surface area contributed by atoms with E-state index in [1.54, 1.807) is 6.92 Å². The molecular formula is C19H20ClO5P. The summed E-state index contributed by atoms with van der Waals surface area (Å²) in [6.45, 7) is 3.65. The number of ether oxygens (including phenoxy) is 2. The second-order valence-electron chi connectivity index (χ2n) is 6.56. The lowest BCUT2D eigenvalue weighted by Crippen LogP contribution is -2.43. The molecule has 0 amide bonds. The maximum absolute atomic E-state index is 14.2. The largest absolute Gasteiger partial charge is 0.466 e. The first-order chi connectivity index (χ1) is 12.3. The summed E-state index contributed by atoms with van der Waals surface area (Å²) in [5.41, 5.74) is 1.05. The molecule has 4 rings (SSSR count). The third-order valence-electron chi connectivity index (χ3n) is 5.21. The van der Waals surface area contributed by atoms with Crippen LogP contribution in [0.1, 0.15) is 12.5 Å². The van der Waals surface area contributed by atoms with Crippen molar-refractivity contribution in [2.24, 2.45) is 5.92 Å². The fourth-order valence-corrected chi connectivity index (χ4v) is 8.58. The molecule has 0 saturated carbocycles. The number of esters is 2. The van der Waals surface area contributed by atoms with Crippen LogP contribution in [0.4, 0.5) is 0 Å². The van der Waals surface area contributed by atoms with E-state index in [4.69, 9.17) is 21.1 Å². The van der Waals surface area contributed by atoms with E-state index in [1.807, 2.05) is 31.2 Å². The van der Waals surface area contributed by atoms with E-state index >= 15 is 0 Å². The minimum absolute atomic E-state index is 0.115. The number of carbonyl (C=O) groups excluding carboxylic acids is 2. The van der Waals surface area contributed by atoms with Crippen LogP contribution in [0.5, 0.6) is 0 Å². The molecule has 2 aliphatic heterocycles. The lowest BCUT2D eigenvalue weighted by atomic mass is 9.83. The Morgan fingerprint density at radius 3 is 2.23 bits per heavy atom. The molecule has 26 heavy (non-hydrogen) atoms. The van der Waals surface area contributed by atoms with Gasteiger partial charge in [0.25, 0.3) is 0 Å². The summed E-state index contributed by atoms with van der Waals surface area (Å²) < 4.78 is 24.0. The van der Waals surface area contributed by atoms with Gasteiger partial charge in [0.15, 0.2) is 0 Å². The van der Waals surface area contributed by atoms with Gasteiger partial charge in [0, 0.05) is 22.4 Å². The predicted octanol–water partition coefficient (Wildman–Crippen LogP) is 3.15. The van der Waals surface area contributed by atoms with Gasteiger partial charge >= 0.3 is 11.9 Å². The van der Waals surface area contributed by atoms with Crippen LogP contribution in [-0.2, 0) is 23.6 Å². The Morgan fingerprint density at radius 1 is 1.08 bits per heavy atom. The second-order valence-corrected chi connectivity index (χ2v) is 9.92. The van der Waals surface area contributed by atoms with Crippen LogP contribution in [0.3, 0.4) is 0 Å². The molecule has 0 saturated heterocycles. The van der Waals surface area contributed by atoms with Crippen molar-refractivity contribution in [3.63, 3.8) is 0 Å². The van der Waals surface area contributed by atoms with Gasteiger partial charge in [-0.25, -0.2) is 9.59 Å². The Morgan fingerprint density at radius 2 is 1.65 bits per heavy atom. The van der Waals surface area contributed by atoms with Gasteiger partial charge < -0.3 is 14.0 Å². The third kappa shape index (κ3) is 2.57. The van der Waals surface area contributed by atoms with Crippen LogP contribution in [-0.4, -0.2) is 38.0 Å². The molecular weight excluding hydrogens is 375 g/mol. The van der Waals surface area contributed by atoms with Gasteiger partial charge in [-0.05, 0) is 25.0 Å². The summed E-state index contributed by atoms with van der Waals surface area (Å²) in [6, 6.07) is 7.42. The SMILES string of the molecule is COC(=O)C1=C(C(=O)OC)[C@@H]2C(C)=C(Cl)[C@H]1CP2(=O)c1ccccc1C. The van der Waals surface area contributed by atoms with Crippen molar-refractivity contribution >= 4 is 36.0 Å². The highest BCUT2D eigenvalue weighted by molar-refractivity contribution is 7.73. The number of carbonyl (C=O) groups is 2. The Hall–Kier alpha value is -1.84. The van der Waals surface area contributed by atoms with Crippen LogP contribution in [0.15, 0.2) is 46.0 Å². The number of methoxy groups -OCH3 is 2. The van der Waals surface area contributed by atoms with Gasteiger partial charge in [-0.1, -0.05) is 35.9 Å². The first-order valence-corrected chi connectivity index (χ1v) is 10.5. The third-order valence-corrected chi connectivity index (χ3v) is 9.48. The van der Waals surface area contributed by atoms with E-state index in [0.717, 1.165) is 5.56 Å². The number of hydrogen-bond acceptors (Lipinski definition) is 5. The molecule has 1 aromatic rings. The van der Waals surface area contributed by atoms with E-state index in [-0.39, 0.29) is 17.3 Å². The van der Waals surface area contributed by atoms with E-state index in [0.29, 0.717) is 15.9 Å². The summed E-state index contributed by atoms with van der Waals surface area (Å²) >= 11 is 6.49. The average molecular weight is 395 g/mol. The Balaban J connectivity index is 2.32. The zero-order valence-corrected chi connectivity index (χ0v) is 16.7. The lowest BCUT2D eigenvalue weighted by molar-refractivity contribution is -0.139. The molecule has 3 atom stereocenters. The second kappa shape index (κ2) is 6.71. The van der Waals surface area contributed by atoms with Gasteiger partial charge in [-0.2, -0.15) is 0 Å². The zero-order valence-electron chi connectivity index (χ0n) is 15.0. The summed E-state index contributed by atoms with van der Waals surface area (Å²) in [5.74, 6) is -1.94. The molecule has 0 N–H and O–H groups in total. The minimum Gasteiger partial charge on any atom is -0.466 e. The smallest absolute Gasteiger partial charge is 0.335 e. The summed E-state index contributed by atoms with van der Waals surface area (Å²) in [6.07, 6.45) is 0.198. The van der Waals surface area contributed by atoms with Crippen molar-refractivity contribution in [3.8, 4) is 0 Å². The number of hydrogen-bond donors (Lipinski definition) is 0. The fourth-order valence-electron chi connectivity index (χ4n) is 4.07. The van der Waals surface area contributed by atoms with Gasteiger partial charge in [0.05, 0.1) is 31.0 Å². The molecule has 1 aromatic carbocycles. The van der Waals surface area contributed by atoms with Crippen molar-refractivity contribution in [3.05, 3.63) is 51.6 Å². The molecule has 2 heterocycles. The summed E-state index contributed by atoms with van der Waals surface area (Å²) in [7, 11) is -0.587. The van der Waals surface area contributed by atoms with Crippen molar-refractivity contribution in [1.29, 1.82) is 0 Å². The van der Waals surface area contributed by atoms with Crippen LogP contribution in [0.2, 0.25) is 0 Å². The van der Waals surface area contributed by atoms with E-state index in [9.17, 15) is 14.2 Å². The highest BCUT2D eigenvalue weighted by Crippen LogP contribution is 2.66. The lowest BCUT2D eigenvalue weighted by Gasteiger charge is -2.44. The number of allylic oxidation sites excluding steroid dienone is 2. The highest BCUT2D eigenvalue weighted by atomic mass is 35.5. The summed E-state index contributed by atoms with van der Waals surface area (Å²) in [4.78, 5) is 25.0. The van der Waals surface area contributed by atoms with Crippen molar-refractivity contribution in [2.75, 3.05) is 20.4 Å². The van der Waals surface area contributed by atoms with Gasteiger partial charge in [0.1, 0.15) is 7.14 Å². The normalized spacial score (nSPS) is 27.6. The number of fused-ring (bicyclic) bond motifs is 1. The van der Waals surface area contributed by atoms with Gasteiger partial charge in [-0.3, -0.25) is 0 Å². The molecule has 1 unspecified atom stereocenters. The standard InChI is InChI=1S/C19H20ClO5P/c1-10-7-5-6-8-13(10)26(23)9-12-14(18(21)24-3)15(19(22)25-4)17(26)11(2)16(12)20/h5-8,12,17H,9H2,1-4H3/t12-,17-,26?/m0/s1. The Labute approximate surface area is 157 Å². The first kappa shape index (κ1) is 18.9. The molecule has 2 bridgehead atoms. The minimum atomic E-state index is -3.08. The molecule has 3 aliphatic rings. The van der Waals surface area contributed by atoms with Crippen molar-refractivity contribution < 1.29 is 23.6 Å². The maximum Gasteiger partial charge on any atom is 0.335 e. The number of aryl methyl sites for hydroxylation is 1. The van der Waals surface area contributed by atoms with Crippen molar-refractivity contribution in [1.82, 2.24) is 0 Å². The number of benzene rings is 1. The van der Waals surface area contributed by atoms with Crippen LogP contribution in [0.25, 0.3) is 0 Å². The van der Waals surface area contributed by atoms with Crippen LogP contribution >= 0.6 is 18.7 Å². The highest BCUT2D eigenvalue weighted by Gasteiger charge is 2.56. The zero-order chi connectivity index (χ0) is 19.2. The van der Waals surface area contributed by atoms with Crippen molar-refractivity contribution in [2.45, 2.75) is 19.5 Å². The van der Waals surface area contributed by atoms with Crippen LogP contribution in [0, 0.1) is 12.8 Å².